The van der Waals surface area contributed by atoms with Gasteiger partial charge in [-0.1, -0.05) is 65.8 Å². The van der Waals surface area contributed by atoms with Crippen LogP contribution in [0.5, 0.6) is 0 Å². The molecule has 0 radical (unpaired) electrons. The van der Waals surface area contributed by atoms with Crippen LogP contribution in [0.2, 0.25) is 0 Å². The van der Waals surface area contributed by atoms with Gasteiger partial charge in [0.25, 0.3) is 5.91 Å². The third-order valence-electron chi connectivity index (χ3n) is 7.60. The van der Waals surface area contributed by atoms with E-state index in [0.29, 0.717) is 41.5 Å². The first-order chi connectivity index (χ1) is 18.4. The summed E-state index contributed by atoms with van der Waals surface area (Å²) >= 11 is 0. The Morgan fingerprint density at radius 1 is 1.00 bits per heavy atom. The molecule has 3 aromatic carbocycles. The molecule has 0 aliphatic carbocycles. The van der Waals surface area contributed by atoms with Crippen molar-refractivity contribution in [2.75, 3.05) is 30.4 Å². The molecule has 0 unspecified atom stereocenters. The third kappa shape index (κ3) is 4.70. The fourth-order valence-corrected chi connectivity index (χ4v) is 5.78. The third-order valence-corrected chi connectivity index (χ3v) is 7.60. The number of ether oxygens (including phenoxy) is 1. The summed E-state index contributed by atoms with van der Waals surface area (Å²) in [5.74, 6) is -0.0978. The SMILES string of the molecule is COC(c1ccccc1)(c1ccccc1)C1CCN(c2ccc(NC(=O)c3c(C)noc3C)cc2F)CC1. The number of carbonyl (C=O) groups excluding carboxylic acids is 1. The van der Waals surface area contributed by atoms with Crippen molar-refractivity contribution in [1.82, 2.24) is 5.16 Å². The van der Waals surface area contributed by atoms with E-state index < -0.39 is 5.60 Å². The van der Waals surface area contributed by atoms with Crippen LogP contribution in [0.25, 0.3) is 0 Å². The predicted octanol–water partition coefficient (Wildman–Crippen LogP) is 6.49. The molecule has 0 spiro atoms. The molecule has 0 bridgehead atoms. The van der Waals surface area contributed by atoms with Gasteiger partial charge in [0.1, 0.15) is 22.7 Å². The largest absolute Gasteiger partial charge is 0.369 e. The first-order valence-corrected chi connectivity index (χ1v) is 12.9. The maximum Gasteiger partial charge on any atom is 0.261 e. The Labute approximate surface area is 222 Å². The topological polar surface area (TPSA) is 67.6 Å². The van der Waals surface area contributed by atoms with Crippen LogP contribution >= 0.6 is 0 Å². The summed E-state index contributed by atoms with van der Waals surface area (Å²) < 4.78 is 26.7. The smallest absolute Gasteiger partial charge is 0.261 e. The first-order valence-electron chi connectivity index (χ1n) is 12.9. The molecule has 2 heterocycles. The van der Waals surface area contributed by atoms with Gasteiger partial charge in [0.2, 0.25) is 0 Å². The Bertz CT molecular complexity index is 1340. The molecule has 1 aliphatic rings. The Kier molecular flexibility index (Phi) is 7.29. The van der Waals surface area contributed by atoms with Crippen molar-refractivity contribution >= 4 is 17.3 Å². The number of piperidine rings is 1. The summed E-state index contributed by atoms with van der Waals surface area (Å²) in [7, 11) is 1.78. The highest BCUT2D eigenvalue weighted by Crippen LogP contribution is 2.45. The van der Waals surface area contributed by atoms with Gasteiger partial charge in [0, 0.05) is 25.9 Å². The molecule has 6 nitrogen and oxygen atoms in total. The van der Waals surface area contributed by atoms with Crippen LogP contribution in [0.4, 0.5) is 15.8 Å². The van der Waals surface area contributed by atoms with E-state index in [-0.39, 0.29) is 17.6 Å². The number of anilines is 2. The number of amides is 1. The molecule has 0 saturated carbocycles. The minimum atomic E-state index is -0.584. The highest BCUT2D eigenvalue weighted by Gasteiger charge is 2.43. The zero-order chi connectivity index (χ0) is 26.7. The summed E-state index contributed by atoms with van der Waals surface area (Å²) in [6.45, 7) is 4.76. The van der Waals surface area contributed by atoms with Crippen molar-refractivity contribution in [3.05, 3.63) is 113 Å². The monoisotopic (exact) mass is 513 g/mol. The summed E-state index contributed by atoms with van der Waals surface area (Å²) in [5.41, 5.74) is 3.44. The molecular formula is C31H32FN3O3. The fraction of sp³-hybridized carbons (Fsp3) is 0.290. The van der Waals surface area contributed by atoms with Crippen LogP contribution in [0.3, 0.4) is 0 Å². The Morgan fingerprint density at radius 2 is 1.61 bits per heavy atom. The molecular weight excluding hydrogens is 481 g/mol. The second kappa shape index (κ2) is 10.8. The second-order valence-electron chi connectivity index (χ2n) is 9.75. The van der Waals surface area contributed by atoms with Crippen molar-refractivity contribution in [3.63, 3.8) is 0 Å². The lowest BCUT2D eigenvalue weighted by atomic mass is 9.71. The normalized spacial score (nSPS) is 14.5. The molecule has 5 rings (SSSR count). The van der Waals surface area contributed by atoms with Crippen LogP contribution in [0.1, 0.15) is 45.8 Å². The fourth-order valence-electron chi connectivity index (χ4n) is 5.78. The van der Waals surface area contributed by atoms with Crippen molar-refractivity contribution in [2.45, 2.75) is 32.3 Å². The average Bonchev–Trinajstić information content (AvgIpc) is 3.29. The Balaban J connectivity index is 1.33. The summed E-state index contributed by atoms with van der Waals surface area (Å²) in [6.07, 6.45) is 1.67. The van der Waals surface area contributed by atoms with Crippen LogP contribution in [0, 0.1) is 25.6 Å². The summed E-state index contributed by atoms with van der Waals surface area (Å²) in [6, 6.07) is 25.5. The molecule has 1 fully saturated rings. The summed E-state index contributed by atoms with van der Waals surface area (Å²) in [4.78, 5) is 14.7. The van der Waals surface area contributed by atoms with Gasteiger partial charge in [0.15, 0.2) is 0 Å². The lowest BCUT2D eigenvalue weighted by Gasteiger charge is -2.45. The van der Waals surface area contributed by atoms with Crippen molar-refractivity contribution in [3.8, 4) is 0 Å². The highest BCUT2D eigenvalue weighted by molar-refractivity contribution is 6.05. The Hall–Kier alpha value is -3.97. The second-order valence-corrected chi connectivity index (χ2v) is 9.75. The van der Waals surface area contributed by atoms with E-state index in [2.05, 4.69) is 39.6 Å². The number of rotatable bonds is 7. The van der Waals surface area contributed by atoms with Gasteiger partial charge in [0.05, 0.1) is 11.4 Å². The van der Waals surface area contributed by atoms with Crippen molar-refractivity contribution in [2.24, 2.45) is 5.92 Å². The van der Waals surface area contributed by atoms with E-state index in [1.807, 2.05) is 36.4 Å². The quantitative estimate of drug-likeness (QED) is 0.306. The minimum absolute atomic E-state index is 0.213. The van der Waals surface area contributed by atoms with Gasteiger partial charge in [-0.25, -0.2) is 4.39 Å². The molecule has 1 aliphatic heterocycles. The molecule has 0 atom stereocenters. The van der Waals surface area contributed by atoms with Gasteiger partial charge in [-0.3, -0.25) is 4.79 Å². The number of benzene rings is 3. The first kappa shape index (κ1) is 25.7. The van der Waals surface area contributed by atoms with Gasteiger partial charge >= 0.3 is 0 Å². The van der Waals surface area contributed by atoms with Gasteiger partial charge in [-0.05, 0) is 61.9 Å². The van der Waals surface area contributed by atoms with Crippen molar-refractivity contribution in [1.29, 1.82) is 0 Å². The minimum Gasteiger partial charge on any atom is -0.369 e. The van der Waals surface area contributed by atoms with Gasteiger partial charge in [-0.2, -0.15) is 0 Å². The predicted molar refractivity (Wildman–Crippen MR) is 146 cm³/mol. The number of aryl methyl sites for hydroxylation is 2. The molecule has 1 saturated heterocycles. The van der Waals surface area contributed by atoms with Crippen molar-refractivity contribution < 1.29 is 18.4 Å². The van der Waals surface area contributed by atoms with E-state index in [4.69, 9.17) is 9.26 Å². The average molecular weight is 514 g/mol. The highest BCUT2D eigenvalue weighted by atomic mass is 19.1. The lowest BCUT2D eigenvalue weighted by Crippen LogP contribution is -2.45. The van der Waals surface area contributed by atoms with Gasteiger partial charge < -0.3 is 19.5 Å². The van der Waals surface area contributed by atoms with E-state index in [1.165, 1.54) is 6.07 Å². The van der Waals surface area contributed by atoms with E-state index in [1.54, 1.807) is 33.1 Å². The number of nitrogens with one attached hydrogen (secondary N) is 1. The molecule has 1 aromatic heterocycles. The zero-order valence-electron chi connectivity index (χ0n) is 21.9. The standard InChI is InChI=1S/C31H32FN3O3/c1-21-29(22(2)38-34-21)30(36)33-26-14-15-28(27(32)20-26)35-18-16-25(17-19-35)31(37-3,23-10-6-4-7-11-23)24-12-8-5-9-13-24/h4-15,20,25H,16-19H2,1-3H3,(H,33,36). The number of hydrogen-bond donors (Lipinski definition) is 1. The number of methoxy groups -OCH3 is 1. The lowest BCUT2D eigenvalue weighted by molar-refractivity contribution is -0.0378. The number of halogens is 1. The number of aromatic nitrogens is 1. The van der Waals surface area contributed by atoms with Crippen LogP contribution < -0.4 is 10.2 Å². The number of carbonyl (C=O) groups is 1. The molecule has 1 amide bonds. The van der Waals surface area contributed by atoms with E-state index >= 15 is 4.39 Å². The zero-order valence-corrected chi connectivity index (χ0v) is 21.9. The number of hydrogen-bond acceptors (Lipinski definition) is 5. The van der Waals surface area contributed by atoms with E-state index in [0.717, 1.165) is 24.0 Å². The van der Waals surface area contributed by atoms with E-state index in [9.17, 15) is 4.79 Å². The molecule has 196 valence electrons. The maximum absolute atomic E-state index is 15.3. The van der Waals surface area contributed by atoms with Crippen LogP contribution in [0.15, 0.2) is 83.4 Å². The molecule has 38 heavy (non-hydrogen) atoms. The van der Waals surface area contributed by atoms with Gasteiger partial charge in [-0.15, -0.1) is 0 Å². The van der Waals surface area contributed by atoms with Crippen LogP contribution in [-0.4, -0.2) is 31.3 Å². The number of nitrogens with zero attached hydrogens (tertiary/aromatic N) is 2. The molecule has 4 aromatic rings. The maximum atomic E-state index is 15.3. The Morgan fingerprint density at radius 3 is 2.11 bits per heavy atom. The summed E-state index contributed by atoms with van der Waals surface area (Å²) in [5, 5.41) is 6.57. The van der Waals surface area contributed by atoms with Crippen LogP contribution in [-0.2, 0) is 10.3 Å². The molecule has 7 heteroatoms. The molecule has 1 N–H and O–H groups in total.